The van der Waals surface area contributed by atoms with Gasteiger partial charge in [-0.2, -0.15) is 0 Å². The van der Waals surface area contributed by atoms with Crippen molar-refractivity contribution in [3.63, 3.8) is 0 Å². The zero-order valence-electron chi connectivity index (χ0n) is 13.0. The van der Waals surface area contributed by atoms with Crippen LogP contribution in [0.25, 0.3) is 0 Å². The van der Waals surface area contributed by atoms with Crippen molar-refractivity contribution in [3.8, 4) is 11.5 Å². The molecular weight excluding hydrogens is 288 g/mol. The molecule has 0 aliphatic rings. The number of amides is 1. The molecule has 0 saturated heterocycles. The van der Waals surface area contributed by atoms with Gasteiger partial charge in [-0.15, -0.1) is 0 Å². The zero-order chi connectivity index (χ0) is 16.5. The first-order valence-corrected chi connectivity index (χ1v) is 6.99. The molecule has 0 heterocycles. The number of carbonyl (C=O) groups excluding carboxylic acids is 1. The molecular formula is C15H22N2O5. The first-order chi connectivity index (χ1) is 10.5. The number of aliphatic carboxylic acids is 1. The Morgan fingerprint density at radius 1 is 1.23 bits per heavy atom. The molecule has 7 heteroatoms. The Kier molecular flexibility index (Phi) is 7.18. The summed E-state index contributed by atoms with van der Waals surface area (Å²) >= 11 is 0. The molecule has 22 heavy (non-hydrogen) atoms. The lowest BCUT2D eigenvalue weighted by Gasteiger charge is -2.14. The number of methoxy groups -OCH3 is 2. The summed E-state index contributed by atoms with van der Waals surface area (Å²) in [6.45, 7) is 1.81. The molecule has 1 aromatic rings. The van der Waals surface area contributed by atoms with E-state index in [1.54, 1.807) is 18.2 Å². The summed E-state index contributed by atoms with van der Waals surface area (Å²) in [6, 6.07) is 4.28. The summed E-state index contributed by atoms with van der Waals surface area (Å²) in [6.07, 6.45) is 1.19. The second-order valence-corrected chi connectivity index (χ2v) is 4.68. The Bertz CT molecular complexity index is 519. The van der Waals surface area contributed by atoms with Crippen molar-refractivity contribution in [1.82, 2.24) is 5.32 Å². The van der Waals surface area contributed by atoms with E-state index in [-0.39, 0.29) is 12.5 Å². The average Bonchev–Trinajstić information content (AvgIpc) is 2.50. The molecule has 0 radical (unpaired) electrons. The first-order valence-electron chi connectivity index (χ1n) is 6.99. The molecule has 1 aromatic carbocycles. The molecule has 0 aromatic heterocycles. The lowest BCUT2D eigenvalue weighted by Crippen LogP contribution is -2.41. The number of anilines is 1. The molecule has 7 nitrogen and oxygen atoms in total. The van der Waals surface area contributed by atoms with E-state index in [1.807, 2.05) is 6.92 Å². The molecule has 1 amide bonds. The van der Waals surface area contributed by atoms with Gasteiger partial charge in [0.2, 0.25) is 5.91 Å². The van der Waals surface area contributed by atoms with Crippen LogP contribution < -0.4 is 20.1 Å². The SMILES string of the molecule is CCCC(NCC(=O)Nc1ccc(OC)c(OC)c1)C(=O)O. The third kappa shape index (κ3) is 5.25. The van der Waals surface area contributed by atoms with Gasteiger partial charge in [0.05, 0.1) is 20.8 Å². The maximum absolute atomic E-state index is 11.9. The van der Waals surface area contributed by atoms with Crippen molar-refractivity contribution in [2.45, 2.75) is 25.8 Å². The van der Waals surface area contributed by atoms with E-state index in [1.165, 1.54) is 14.2 Å². The number of carbonyl (C=O) groups is 2. The second-order valence-electron chi connectivity index (χ2n) is 4.68. The van der Waals surface area contributed by atoms with Crippen LogP contribution >= 0.6 is 0 Å². The number of nitrogens with one attached hydrogen (secondary N) is 2. The fraction of sp³-hybridized carbons (Fsp3) is 0.467. The first kappa shape index (κ1) is 17.8. The molecule has 1 atom stereocenters. The van der Waals surface area contributed by atoms with Gasteiger partial charge in [0.15, 0.2) is 11.5 Å². The van der Waals surface area contributed by atoms with Gasteiger partial charge >= 0.3 is 5.97 Å². The Morgan fingerprint density at radius 2 is 1.91 bits per heavy atom. The Labute approximate surface area is 129 Å². The largest absolute Gasteiger partial charge is 0.493 e. The lowest BCUT2D eigenvalue weighted by atomic mass is 10.1. The lowest BCUT2D eigenvalue weighted by molar-refractivity contribution is -0.139. The van der Waals surface area contributed by atoms with Gasteiger partial charge in [-0.3, -0.25) is 14.9 Å². The number of carboxylic acids is 1. The van der Waals surface area contributed by atoms with Gasteiger partial charge in [-0.1, -0.05) is 13.3 Å². The number of carboxylic acid groups (broad SMARTS) is 1. The van der Waals surface area contributed by atoms with Crippen LogP contribution in [0.5, 0.6) is 11.5 Å². The third-order valence-corrected chi connectivity index (χ3v) is 3.05. The van der Waals surface area contributed by atoms with Gasteiger partial charge in [-0.25, -0.2) is 0 Å². The smallest absolute Gasteiger partial charge is 0.320 e. The molecule has 3 N–H and O–H groups in total. The van der Waals surface area contributed by atoms with Crippen LogP contribution in [0.2, 0.25) is 0 Å². The van der Waals surface area contributed by atoms with Gasteiger partial charge in [-0.05, 0) is 18.6 Å². The highest BCUT2D eigenvalue weighted by atomic mass is 16.5. The summed E-state index contributed by atoms with van der Waals surface area (Å²) in [5, 5.41) is 14.4. The maximum Gasteiger partial charge on any atom is 0.320 e. The highest BCUT2D eigenvalue weighted by Crippen LogP contribution is 2.29. The highest BCUT2D eigenvalue weighted by Gasteiger charge is 2.16. The van der Waals surface area contributed by atoms with E-state index in [9.17, 15) is 9.59 Å². The van der Waals surface area contributed by atoms with E-state index >= 15 is 0 Å². The van der Waals surface area contributed by atoms with E-state index < -0.39 is 12.0 Å². The van der Waals surface area contributed by atoms with E-state index in [4.69, 9.17) is 14.6 Å². The van der Waals surface area contributed by atoms with E-state index in [0.717, 1.165) is 6.42 Å². The van der Waals surface area contributed by atoms with Crippen LogP contribution in [0.15, 0.2) is 18.2 Å². The Morgan fingerprint density at radius 3 is 2.45 bits per heavy atom. The Balaban J connectivity index is 2.59. The van der Waals surface area contributed by atoms with Crippen molar-refractivity contribution in [2.75, 3.05) is 26.1 Å². The average molecular weight is 310 g/mol. The van der Waals surface area contributed by atoms with Crippen LogP contribution in [0.3, 0.4) is 0 Å². The molecule has 1 rings (SSSR count). The monoisotopic (exact) mass is 310 g/mol. The summed E-state index contributed by atoms with van der Waals surface area (Å²) < 4.78 is 10.3. The number of rotatable bonds is 9. The number of benzene rings is 1. The Hall–Kier alpha value is -2.28. The van der Waals surface area contributed by atoms with Crippen molar-refractivity contribution < 1.29 is 24.2 Å². The van der Waals surface area contributed by atoms with Crippen LogP contribution in [-0.4, -0.2) is 43.8 Å². The fourth-order valence-corrected chi connectivity index (χ4v) is 1.94. The molecule has 122 valence electrons. The summed E-state index contributed by atoms with van der Waals surface area (Å²) in [5.74, 6) is -0.217. The van der Waals surface area contributed by atoms with Crippen molar-refractivity contribution >= 4 is 17.6 Å². The standard InChI is InChI=1S/C15H22N2O5/c1-4-5-11(15(19)20)16-9-14(18)17-10-6-7-12(21-2)13(8-10)22-3/h6-8,11,16H,4-5,9H2,1-3H3,(H,17,18)(H,19,20). The highest BCUT2D eigenvalue weighted by molar-refractivity contribution is 5.93. The topological polar surface area (TPSA) is 96.9 Å². The van der Waals surface area contributed by atoms with Gasteiger partial charge in [0.1, 0.15) is 6.04 Å². The molecule has 0 aliphatic carbocycles. The number of hydrogen-bond donors (Lipinski definition) is 3. The normalized spacial score (nSPS) is 11.6. The second kappa shape index (κ2) is 8.89. The van der Waals surface area contributed by atoms with E-state index in [2.05, 4.69) is 10.6 Å². The van der Waals surface area contributed by atoms with Crippen molar-refractivity contribution in [3.05, 3.63) is 18.2 Å². The molecule has 0 spiro atoms. The molecule has 0 bridgehead atoms. The van der Waals surface area contributed by atoms with E-state index in [0.29, 0.717) is 23.6 Å². The number of ether oxygens (including phenoxy) is 2. The summed E-state index contributed by atoms with van der Waals surface area (Å²) in [4.78, 5) is 22.8. The van der Waals surface area contributed by atoms with Crippen LogP contribution in [0.4, 0.5) is 5.69 Å². The van der Waals surface area contributed by atoms with Crippen molar-refractivity contribution in [2.24, 2.45) is 0 Å². The molecule has 0 fully saturated rings. The summed E-state index contributed by atoms with van der Waals surface area (Å²) in [5.41, 5.74) is 0.548. The third-order valence-electron chi connectivity index (χ3n) is 3.05. The summed E-state index contributed by atoms with van der Waals surface area (Å²) in [7, 11) is 3.03. The maximum atomic E-state index is 11.9. The predicted molar refractivity (Wildman–Crippen MR) is 82.5 cm³/mol. The molecule has 0 saturated carbocycles. The minimum atomic E-state index is -0.958. The minimum Gasteiger partial charge on any atom is -0.493 e. The minimum absolute atomic E-state index is 0.0781. The van der Waals surface area contributed by atoms with Gasteiger partial charge < -0.3 is 19.9 Å². The van der Waals surface area contributed by atoms with Gasteiger partial charge in [0.25, 0.3) is 0 Å². The fourth-order valence-electron chi connectivity index (χ4n) is 1.94. The molecule has 0 aliphatic heterocycles. The predicted octanol–water partition coefficient (Wildman–Crippen LogP) is 1.49. The molecule has 1 unspecified atom stereocenters. The zero-order valence-corrected chi connectivity index (χ0v) is 13.0. The van der Waals surface area contributed by atoms with Crippen LogP contribution in [0.1, 0.15) is 19.8 Å². The van der Waals surface area contributed by atoms with Crippen LogP contribution in [0, 0.1) is 0 Å². The number of hydrogen-bond acceptors (Lipinski definition) is 5. The van der Waals surface area contributed by atoms with Crippen molar-refractivity contribution in [1.29, 1.82) is 0 Å². The quantitative estimate of drug-likeness (QED) is 0.639. The van der Waals surface area contributed by atoms with Crippen LogP contribution in [-0.2, 0) is 9.59 Å². The van der Waals surface area contributed by atoms with Gasteiger partial charge in [0, 0.05) is 11.8 Å².